The molecule has 0 unspecified atom stereocenters. The highest BCUT2D eigenvalue weighted by Gasteiger charge is 2.32. The summed E-state index contributed by atoms with van der Waals surface area (Å²) in [6.45, 7) is 6.74. The van der Waals surface area contributed by atoms with Crippen LogP contribution in [0.2, 0.25) is 18.1 Å². The third-order valence-corrected chi connectivity index (χ3v) is 8.03. The number of hydrogen-bond acceptors (Lipinski definition) is 2. The second-order valence-electron chi connectivity index (χ2n) is 4.39. The maximum Gasteiger partial charge on any atom is 0.250 e. The molecule has 0 aromatic heterocycles. The number of benzene rings is 1. The SMILES string of the molecule is CCC[Si](CC)(CC)Oc1ccccc1OC. The van der Waals surface area contributed by atoms with E-state index < -0.39 is 8.32 Å². The van der Waals surface area contributed by atoms with E-state index >= 15 is 0 Å². The molecule has 0 bridgehead atoms. The van der Waals surface area contributed by atoms with Crippen molar-refractivity contribution in [1.82, 2.24) is 0 Å². The first-order chi connectivity index (χ1) is 8.21. The van der Waals surface area contributed by atoms with Gasteiger partial charge in [0, 0.05) is 0 Å². The second-order valence-corrected chi connectivity index (χ2v) is 8.88. The molecule has 0 N–H and O–H groups in total. The molecular weight excluding hydrogens is 228 g/mol. The molecule has 0 spiro atoms. The van der Waals surface area contributed by atoms with Gasteiger partial charge in [0.25, 0.3) is 8.32 Å². The lowest BCUT2D eigenvalue weighted by Crippen LogP contribution is -2.40. The molecule has 0 heterocycles. The Kier molecular flexibility index (Phi) is 5.55. The van der Waals surface area contributed by atoms with Crippen molar-refractivity contribution in [3.63, 3.8) is 0 Å². The average molecular weight is 252 g/mol. The van der Waals surface area contributed by atoms with Crippen molar-refractivity contribution in [1.29, 1.82) is 0 Å². The quantitative estimate of drug-likeness (QED) is 0.667. The smallest absolute Gasteiger partial charge is 0.250 e. The molecule has 17 heavy (non-hydrogen) atoms. The Morgan fingerprint density at radius 1 is 1.00 bits per heavy atom. The zero-order valence-electron chi connectivity index (χ0n) is 11.5. The highest BCUT2D eigenvalue weighted by molar-refractivity contribution is 6.74. The molecule has 0 aliphatic rings. The summed E-state index contributed by atoms with van der Waals surface area (Å²) in [6.07, 6.45) is 1.20. The number of ether oxygens (including phenoxy) is 1. The van der Waals surface area contributed by atoms with Crippen LogP contribution >= 0.6 is 0 Å². The first-order valence-corrected chi connectivity index (χ1v) is 9.06. The molecule has 96 valence electrons. The zero-order chi connectivity index (χ0) is 12.7. The topological polar surface area (TPSA) is 18.5 Å². The van der Waals surface area contributed by atoms with Crippen molar-refractivity contribution >= 4 is 8.32 Å². The molecule has 2 nitrogen and oxygen atoms in total. The Hall–Kier alpha value is -0.963. The van der Waals surface area contributed by atoms with Gasteiger partial charge in [-0.05, 0) is 30.3 Å². The van der Waals surface area contributed by atoms with Gasteiger partial charge in [-0.25, -0.2) is 0 Å². The Morgan fingerprint density at radius 3 is 2.06 bits per heavy atom. The fourth-order valence-corrected chi connectivity index (χ4v) is 5.34. The van der Waals surface area contributed by atoms with E-state index in [1.807, 2.05) is 24.3 Å². The van der Waals surface area contributed by atoms with Crippen molar-refractivity contribution in [2.45, 2.75) is 45.3 Å². The van der Waals surface area contributed by atoms with Crippen LogP contribution in [0.3, 0.4) is 0 Å². The van der Waals surface area contributed by atoms with Crippen LogP contribution in [-0.2, 0) is 0 Å². The Balaban J connectivity index is 2.92. The van der Waals surface area contributed by atoms with Crippen molar-refractivity contribution in [2.24, 2.45) is 0 Å². The molecule has 0 fully saturated rings. The van der Waals surface area contributed by atoms with Crippen LogP contribution in [0.25, 0.3) is 0 Å². The minimum Gasteiger partial charge on any atom is -0.541 e. The molecule has 0 saturated carbocycles. The molecule has 1 aromatic carbocycles. The van der Waals surface area contributed by atoms with Crippen molar-refractivity contribution < 1.29 is 9.16 Å². The van der Waals surface area contributed by atoms with Crippen molar-refractivity contribution in [2.75, 3.05) is 7.11 Å². The van der Waals surface area contributed by atoms with Gasteiger partial charge >= 0.3 is 0 Å². The summed E-state index contributed by atoms with van der Waals surface area (Å²) in [5, 5.41) is 0. The lowest BCUT2D eigenvalue weighted by atomic mass is 10.3. The summed E-state index contributed by atoms with van der Waals surface area (Å²) in [4.78, 5) is 0. The maximum absolute atomic E-state index is 6.38. The van der Waals surface area contributed by atoms with Gasteiger partial charge in [0.05, 0.1) is 7.11 Å². The van der Waals surface area contributed by atoms with Crippen LogP contribution in [0.15, 0.2) is 24.3 Å². The van der Waals surface area contributed by atoms with Gasteiger partial charge in [-0.1, -0.05) is 39.3 Å². The zero-order valence-corrected chi connectivity index (χ0v) is 12.5. The van der Waals surface area contributed by atoms with Gasteiger partial charge in [0.2, 0.25) is 0 Å². The molecule has 0 amide bonds. The first kappa shape index (κ1) is 14.1. The van der Waals surface area contributed by atoms with Gasteiger partial charge < -0.3 is 9.16 Å². The molecular formula is C14H24O2Si. The van der Waals surface area contributed by atoms with Crippen molar-refractivity contribution in [3.8, 4) is 11.5 Å². The third kappa shape index (κ3) is 3.50. The lowest BCUT2D eigenvalue weighted by Gasteiger charge is -2.30. The third-order valence-electron chi connectivity index (χ3n) is 3.39. The number of para-hydroxylation sites is 2. The molecule has 1 aromatic rings. The van der Waals surface area contributed by atoms with E-state index in [0.29, 0.717) is 0 Å². The Bertz CT molecular complexity index is 335. The van der Waals surface area contributed by atoms with Crippen LogP contribution in [0, 0.1) is 0 Å². The predicted octanol–water partition coefficient (Wildman–Crippen LogP) is 4.47. The van der Waals surface area contributed by atoms with E-state index in [4.69, 9.17) is 9.16 Å². The lowest BCUT2D eigenvalue weighted by molar-refractivity contribution is 0.389. The van der Waals surface area contributed by atoms with Gasteiger partial charge in [-0.2, -0.15) is 0 Å². The van der Waals surface area contributed by atoms with Crippen LogP contribution in [-0.4, -0.2) is 15.4 Å². The molecule has 0 aliphatic carbocycles. The molecule has 0 saturated heterocycles. The van der Waals surface area contributed by atoms with Gasteiger partial charge in [0.1, 0.15) is 5.75 Å². The average Bonchev–Trinajstić information content (AvgIpc) is 2.38. The summed E-state index contributed by atoms with van der Waals surface area (Å²) in [5.41, 5.74) is 0. The van der Waals surface area contributed by atoms with Gasteiger partial charge in [-0.3, -0.25) is 0 Å². The molecule has 0 radical (unpaired) electrons. The number of methoxy groups -OCH3 is 1. The van der Waals surface area contributed by atoms with Gasteiger partial charge in [0.15, 0.2) is 5.75 Å². The van der Waals surface area contributed by atoms with E-state index in [1.165, 1.54) is 12.5 Å². The molecule has 1 rings (SSSR count). The predicted molar refractivity (Wildman–Crippen MR) is 75.4 cm³/mol. The fourth-order valence-electron chi connectivity index (χ4n) is 2.19. The summed E-state index contributed by atoms with van der Waals surface area (Å²) in [7, 11) is 0.0856. The largest absolute Gasteiger partial charge is 0.541 e. The second kappa shape index (κ2) is 6.69. The minimum atomic E-state index is -1.61. The Morgan fingerprint density at radius 2 is 1.59 bits per heavy atom. The maximum atomic E-state index is 6.38. The number of hydrogen-bond donors (Lipinski definition) is 0. The molecule has 3 heteroatoms. The summed E-state index contributed by atoms with van der Waals surface area (Å²) in [6, 6.07) is 11.5. The van der Waals surface area contributed by atoms with Crippen LogP contribution < -0.4 is 9.16 Å². The van der Waals surface area contributed by atoms with E-state index in [-0.39, 0.29) is 0 Å². The Labute approximate surface area is 106 Å². The van der Waals surface area contributed by atoms with Crippen LogP contribution in [0.5, 0.6) is 11.5 Å². The summed E-state index contributed by atoms with van der Waals surface area (Å²) >= 11 is 0. The highest BCUT2D eigenvalue weighted by atomic mass is 28.4. The van der Waals surface area contributed by atoms with E-state index in [0.717, 1.165) is 23.6 Å². The van der Waals surface area contributed by atoms with Crippen LogP contribution in [0.4, 0.5) is 0 Å². The first-order valence-electron chi connectivity index (χ1n) is 6.53. The van der Waals surface area contributed by atoms with Gasteiger partial charge in [-0.15, -0.1) is 0 Å². The molecule has 0 atom stereocenters. The monoisotopic (exact) mass is 252 g/mol. The van der Waals surface area contributed by atoms with Crippen molar-refractivity contribution in [3.05, 3.63) is 24.3 Å². The summed E-state index contributed by atoms with van der Waals surface area (Å²) in [5.74, 6) is 1.76. The summed E-state index contributed by atoms with van der Waals surface area (Å²) < 4.78 is 11.7. The van der Waals surface area contributed by atoms with E-state index in [1.54, 1.807) is 7.11 Å². The highest BCUT2D eigenvalue weighted by Crippen LogP contribution is 2.32. The normalized spacial score (nSPS) is 11.3. The fraction of sp³-hybridized carbons (Fsp3) is 0.571. The van der Waals surface area contributed by atoms with E-state index in [2.05, 4.69) is 20.8 Å². The minimum absolute atomic E-state index is 0.849. The van der Waals surface area contributed by atoms with Crippen LogP contribution in [0.1, 0.15) is 27.2 Å². The molecule has 0 aliphatic heterocycles. The number of rotatable bonds is 7. The standard InChI is InChI=1S/C14H24O2Si/c1-5-12-17(6-2,7-3)16-14-11-9-8-10-13(14)15-4/h8-11H,5-7,12H2,1-4H3. The van der Waals surface area contributed by atoms with E-state index in [9.17, 15) is 0 Å².